The second-order valence-electron chi connectivity index (χ2n) is 7.56. The average molecular weight is 356 g/mol. The zero-order chi connectivity index (χ0) is 17.4. The molecular formula is C18H24N6S. The first-order valence-corrected chi connectivity index (χ1v) is 9.60. The highest BCUT2D eigenvalue weighted by Gasteiger charge is 2.21. The van der Waals surface area contributed by atoms with E-state index in [1.54, 1.807) is 11.3 Å². The summed E-state index contributed by atoms with van der Waals surface area (Å²) in [6.45, 7) is 11.3. The molecule has 7 heteroatoms. The number of piperazine rings is 1. The zero-order valence-corrected chi connectivity index (χ0v) is 15.8. The molecule has 1 aliphatic rings. The van der Waals surface area contributed by atoms with E-state index in [1.807, 2.05) is 10.9 Å². The molecule has 1 saturated heterocycles. The second-order valence-corrected chi connectivity index (χ2v) is 8.50. The van der Waals surface area contributed by atoms with Crippen molar-refractivity contribution in [2.45, 2.75) is 32.9 Å². The van der Waals surface area contributed by atoms with E-state index in [0.29, 0.717) is 0 Å². The molecule has 0 N–H and O–H groups in total. The Bertz CT molecular complexity index is 854. The lowest BCUT2D eigenvalue weighted by Gasteiger charge is -2.35. The summed E-state index contributed by atoms with van der Waals surface area (Å²) >= 11 is 1.78. The molecule has 0 spiro atoms. The van der Waals surface area contributed by atoms with Crippen LogP contribution in [-0.2, 0) is 12.1 Å². The lowest BCUT2D eigenvalue weighted by Crippen LogP contribution is -2.46. The maximum absolute atomic E-state index is 4.63. The third-order valence-electron chi connectivity index (χ3n) is 4.64. The van der Waals surface area contributed by atoms with Crippen molar-refractivity contribution in [3.05, 3.63) is 35.6 Å². The first kappa shape index (κ1) is 16.5. The van der Waals surface area contributed by atoms with Gasteiger partial charge in [0, 0.05) is 49.0 Å². The van der Waals surface area contributed by atoms with Crippen molar-refractivity contribution >= 4 is 27.2 Å². The molecule has 4 rings (SSSR count). The summed E-state index contributed by atoms with van der Waals surface area (Å²) in [5.41, 5.74) is 1.02. The molecule has 3 aromatic heterocycles. The highest BCUT2D eigenvalue weighted by Crippen LogP contribution is 2.29. The molecule has 0 aromatic carbocycles. The van der Waals surface area contributed by atoms with Crippen LogP contribution in [0.2, 0.25) is 0 Å². The van der Waals surface area contributed by atoms with Gasteiger partial charge in [0.2, 0.25) is 0 Å². The van der Waals surface area contributed by atoms with Gasteiger partial charge in [0.1, 0.15) is 5.82 Å². The van der Waals surface area contributed by atoms with Gasteiger partial charge in [-0.1, -0.05) is 5.21 Å². The summed E-state index contributed by atoms with van der Waals surface area (Å²) in [4.78, 5) is 9.48. The van der Waals surface area contributed by atoms with Gasteiger partial charge in [0.05, 0.1) is 17.4 Å². The van der Waals surface area contributed by atoms with Crippen molar-refractivity contribution in [1.29, 1.82) is 0 Å². The van der Waals surface area contributed by atoms with E-state index in [2.05, 4.69) is 69.6 Å². The van der Waals surface area contributed by atoms with Crippen LogP contribution in [0.4, 0.5) is 5.82 Å². The molecule has 0 bridgehead atoms. The van der Waals surface area contributed by atoms with Crippen molar-refractivity contribution in [2.24, 2.45) is 0 Å². The molecule has 3 aromatic rings. The minimum absolute atomic E-state index is 0.0190. The maximum atomic E-state index is 4.63. The van der Waals surface area contributed by atoms with E-state index in [0.717, 1.165) is 44.2 Å². The Labute approximate surface area is 152 Å². The van der Waals surface area contributed by atoms with Crippen LogP contribution < -0.4 is 4.90 Å². The van der Waals surface area contributed by atoms with Crippen LogP contribution in [0.15, 0.2) is 29.9 Å². The number of thiophene rings is 1. The molecule has 0 saturated carbocycles. The van der Waals surface area contributed by atoms with Gasteiger partial charge < -0.3 is 4.90 Å². The Hall–Kier alpha value is -1.99. The predicted molar refractivity (Wildman–Crippen MR) is 102 cm³/mol. The van der Waals surface area contributed by atoms with Crippen LogP contribution in [0.5, 0.6) is 0 Å². The van der Waals surface area contributed by atoms with E-state index in [4.69, 9.17) is 0 Å². The minimum Gasteiger partial charge on any atom is -0.354 e. The summed E-state index contributed by atoms with van der Waals surface area (Å²) in [5, 5.41) is 12.0. The van der Waals surface area contributed by atoms with Crippen LogP contribution in [0.3, 0.4) is 0 Å². The van der Waals surface area contributed by atoms with Gasteiger partial charge in [-0.25, -0.2) is 9.67 Å². The standard InChI is InChI=1S/C18H24N6S/c1-18(2,3)24-13-14(20-21-24)12-22-7-9-23(10-8-22)17-15-5-11-25-16(15)4-6-19-17/h4-6,11,13H,7-10,12H2,1-3H3. The molecule has 0 aliphatic carbocycles. The van der Waals surface area contributed by atoms with Gasteiger partial charge >= 0.3 is 0 Å². The highest BCUT2D eigenvalue weighted by molar-refractivity contribution is 7.17. The predicted octanol–water partition coefficient (Wildman–Crippen LogP) is 2.97. The van der Waals surface area contributed by atoms with E-state index in [-0.39, 0.29) is 5.54 Å². The van der Waals surface area contributed by atoms with Gasteiger partial charge in [-0.05, 0) is 38.3 Å². The summed E-state index contributed by atoms with van der Waals surface area (Å²) < 4.78 is 3.26. The monoisotopic (exact) mass is 356 g/mol. The molecule has 25 heavy (non-hydrogen) atoms. The molecule has 6 nitrogen and oxygen atoms in total. The fourth-order valence-corrected chi connectivity index (χ4v) is 3.95. The number of hydrogen-bond acceptors (Lipinski definition) is 6. The molecule has 1 aliphatic heterocycles. The Balaban J connectivity index is 1.40. The van der Waals surface area contributed by atoms with Crippen molar-refractivity contribution in [2.75, 3.05) is 31.1 Å². The number of nitrogens with zero attached hydrogens (tertiary/aromatic N) is 6. The van der Waals surface area contributed by atoms with Gasteiger partial charge in [-0.2, -0.15) is 0 Å². The fraction of sp³-hybridized carbons (Fsp3) is 0.500. The van der Waals surface area contributed by atoms with Crippen molar-refractivity contribution < 1.29 is 0 Å². The second kappa shape index (κ2) is 6.38. The summed E-state index contributed by atoms with van der Waals surface area (Å²) in [5.74, 6) is 1.12. The van der Waals surface area contributed by atoms with Gasteiger partial charge in [0.25, 0.3) is 0 Å². The number of aromatic nitrogens is 4. The van der Waals surface area contributed by atoms with Crippen LogP contribution >= 0.6 is 11.3 Å². The fourth-order valence-electron chi connectivity index (χ4n) is 3.18. The number of pyridine rings is 1. The zero-order valence-electron chi connectivity index (χ0n) is 15.0. The molecule has 132 valence electrons. The third-order valence-corrected chi connectivity index (χ3v) is 5.53. The smallest absolute Gasteiger partial charge is 0.137 e. The SMILES string of the molecule is CC(C)(C)n1cc(CN2CCN(c3nccc4sccc34)CC2)nn1. The first-order chi connectivity index (χ1) is 12.0. The summed E-state index contributed by atoms with van der Waals surface area (Å²) in [6, 6.07) is 4.28. The molecule has 0 radical (unpaired) electrons. The van der Waals surface area contributed by atoms with E-state index in [1.165, 1.54) is 10.1 Å². The quantitative estimate of drug-likeness (QED) is 0.722. The molecule has 4 heterocycles. The van der Waals surface area contributed by atoms with Crippen molar-refractivity contribution in [1.82, 2.24) is 24.9 Å². The Morgan fingerprint density at radius 3 is 2.64 bits per heavy atom. The van der Waals surface area contributed by atoms with Gasteiger partial charge in [-0.3, -0.25) is 4.90 Å². The van der Waals surface area contributed by atoms with E-state index in [9.17, 15) is 0 Å². The number of fused-ring (bicyclic) bond motifs is 1. The largest absolute Gasteiger partial charge is 0.354 e. The Kier molecular flexibility index (Phi) is 4.21. The molecule has 0 amide bonds. The Morgan fingerprint density at radius 2 is 1.92 bits per heavy atom. The van der Waals surface area contributed by atoms with Crippen LogP contribution in [0, 0.1) is 0 Å². The molecule has 1 fully saturated rings. The first-order valence-electron chi connectivity index (χ1n) is 8.72. The number of hydrogen-bond donors (Lipinski definition) is 0. The molecular weight excluding hydrogens is 332 g/mol. The van der Waals surface area contributed by atoms with Crippen LogP contribution in [-0.4, -0.2) is 51.1 Å². The molecule has 0 unspecified atom stereocenters. The lowest BCUT2D eigenvalue weighted by molar-refractivity contribution is 0.246. The van der Waals surface area contributed by atoms with E-state index >= 15 is 0 Å². The summed E-state index contributed by atoms with van der Waals surface area (Å²) in [6.07, 6.45) is 3.99. The van der Waals surface area contributed by atoms with E-state index < -0.39 is 0 Å². The van der Waals surface area contributed by atoms with Crippen molar-refractivity contribution in [3.8, 4) is 0 Å². The molecule has 0 atom stereocenters. The normalized spacial score (nSPS) is 16.7. The lowest BCUT2D eigenvalue weighted by atomic mass is 10.1. The average Bonchev–Trinajstić information content (AvgIpc) is 3.23. The highest BCUT2D eigenvalue weighted by atomic mass is 32.1. The number of anilines is 1. The van der Waals surface area contributed by atoms with Crippen LogP contribution in [0.1, 0.15) is 26.5 Å². The van der Waals surface area contributed by atoms with Crippen molar-refractivity contribution in [3.63, 3.8) is 0 Å². The van der Waals surface area contributed by atoms with Crippen LogP contribution in [0.25, 0.3) is 10.1 Å². The minimum atomic E-state index is -0.0190. The topological polar surface area (TPSA) is 50.1 Å². The Morgan fingerprint density at radius 1 is 1.12 bits per heavy atom. The van der Waals surface area contributed by atoms with Gasteiger partial charge in [-0.15, -0.1) is 16.4 Å². The third kappa shape index (κ3) is 3.39. The summed E-state index contributed by atoms with van der Waals surface area (Å²) in [7, 11) is 0. The number of rotatable bonds is 3. The maximum Gasteiger partial charge on any atom is 0.137 e. The van der Waals surface area contributed by atoms with Gasteiger partial charge in [0.15, 0.2) is 0 Å².